The largest absolute Gasteiger partial charge is 0.348 e. The molecule has 0 spiro atoms. The minimum absolute atomic E-state index is 0.0566. The van der Waals surface area contributed by atoms with E-state index < -0.39 is 10.8 Å². The molecule has 6 heteroatoms. The Bertz CT molecular complexity index is 479. The number of nitriles is 1. The second-order valence-electron chi connectivity index (χ2n) is 3.98. The number of hydrogen-bond donors (Lipinski definition) is 1. The van der Waals surface area contributed by atoms with Gasteiger partial charge in [0.1, 0.15) is 11.8 Å². The van der Waals surface area contributed by atoms with E-state index in [1.54, 1.807) is 12.3 Å². The lowest BCUT2D eigenvalue weighted by molar-refractivity contribution is 0.0934. The van der Waals surface area contributed by atoms with Crippen LogP contribution in [0.1, 0.15) is 29.4 Å². The lowest BCUT2D eigenvalue weighted by Crippen LogP contribution is -2.34. The van der Waals surface area contributed by atoms with Gasteiger partial charge in [-0.25, -0.2) is 4.98 Å². The number of rotatable bonds is 5. The number of pyridine rings is 1. The molecule has 1 aromatic heterocycles. The van der Waals surface area contributed by atoms with Gasteiger partial charge in [-0.3, -0.25) is 9.00 Å². The minimum Gasteiger partial charge on any atom is -0.348 e. The van der Waals surface area contributed by atoms with Gasteiger partial charge in [-0.2, -0.15) is 5.26 Å². The molecule has 18 heavy (non-hydrogen) atoms. The number of nitrogens with one attached hydrogen (secondary N) is 1. The fraction of sp³-hybridized carbons (Fsp3) is 0.417. The summed E-state index contributed by atoms with van der Waals surface area (Å²) >= 11 is 0. The molecular weight excluding hydrogens is 250 g/mol. The normalized spacial score (nSPS) is 13.4. The third-order valence-corrected chi connectivity index (χ3v) is 3.15. The molecule has 0 saturated heterocycles. The summed E-state index contributed by atoms with van der Waals surface area (Å²) in [7, 11) is -0.853. The van der Waals surface area contributed by atoms with Gasteiger partial charge in [0.15, 0.2) is 0 Å². The molecule has 0 fully saturated rings. The van der Waals surface area contributed by atoms with E-state index in [9.17, 15) is 9.00 Å². The minimum atomic E-state index is -0.853. The summed E-state index contributed by atoms with van der Waals surface area (Å²) in [5.41, 5.74) is 0.694. The first-order valence-corrected chi connectivity index (χ1v) is 7.22. The van der Waals surface area contributed by atoms with Crippen molar-refractivity contribution in [1.82, 2.24) is 10.3 Å². The molecule has 0 radical (unpaired) electrons. The highest BCUT2D eigenvalue weighted by molar-refractivity contribution is 7.84. The molecule has 1 amide bonds. The van der Waals surface area contributed by atoms with E-state index in [2.05, 4.69) is 10.3 Å². The van der Waals surface area contributed by atoms with Crippen LogP contribution >= 0.6 is 0 Å². The molecule has 2 unspecified atom stereocenters. The molecule has 0 aliphatic heterocycles. The molecule has 2 atom stereocenters. The topological polar surface area (TPSA) is 82.9 Å². The number of aromatic nitrogens is 1. The number of amides is 1. The molecule has 0 bridgehead atoms. The highest BCUT2D eigenvalue weighted by Crippen LogP contribution is 2.00. The third kappa shape index (κ3) is 4.63. The Hall–Kier alpha value is -1.74. The van der Waals surface area contributed by atoms with Crippen LogP contribution < -0.4 is 5.32 Å². The summed E-state index contributed by atoms with van der Waals surface area (Å²) in [6.45, 7) is 1.86. The van der Waals surface area contributed by atoms with Crippen molar-refractivity contribution in [3.05, 3.63) is 29.6 Å². The predicted molar refractivity (Wildman–Crippen MR) is 69.4 cm³/mol. The van der Waals surface area contributed by atoms with E-state index in [1.807, 2.05) is 13.0 Å². The van der Waals surface area contributed by atoms with E-state index >= 15 is 0 Å². The molecule has 1 N–H and O–H groups in total. The van der Waals surface area contributed by atoms with E-state index in [4.69, 9.17) is 5.26 Å². The fourth-order valence-corrected chi connectivity index (χ4v) is 1.99. The van der Waals surface area contributed by atoms with Crippen molar-refractivity contribution >= 4 is 16.7 Å². The van der Waals surface area contributed by atoms with Crippen molar-refractivity contribution in [2.75, 3.05) is 12.0 Å². The number of carbonyl (C=O) groups excluding carboxylic acids is 1. The lowest BCUT2D eigenvalue weighted by atomic mass is 10.2. The van der Waals surface area contributed by atoms with Gasteiger partial charge in [0.25, 0.3) is 5.91 Å². The van der Waals surface area contributed by atoms with Crippen LogP contribution in [-0.2, 0) is 10.8 Å². The van der Waals surface area contributed by atoms with Gasteiger partial charge in [0.05, 0.1) is 5.56 Å². The Morgan fingerprint density at radius 1 is 1.61 bits per heavy atom. The zero-order chi connectivity index (χ0) is 13.5. The van der Waals surface area contributed by atoms with Gasteiger partial charge in [0, 0.05) is 35.0 Å². The molecule has 1 rings (SSSR count). The summed E-state index contributed by atoms with van der Waals surface area (Å²) in [6.07, 6.45) is 3.66. The fourth-order valence-electron chi connectivity index (χ4n) is 1.31. The van der Waals surface area contributed by atoms with Crippen LogP contribution in [0, 0.1) is 11.3 Å². The van der Waals surface area contributed by atoms with Gasteiger partial charge in [-0.15, -0.1) is 0 Å². The molecule has 0 saturated carbocycles. The highest BCUT2D eigenvalue weighted by Gasteiger charge is 2.11. The number of carbonyl (C=O) groups is 1. The van der Waals surface area contributed by atoms with Crippen molar-refractivity contribution in [3.8, 4) is 6.07 Å². The van der Waals surface area contributed by atoms with Gasteiger partial charge >= 0.3 is 0 Å². The molecule has 1 heterocycles. The summed E-state index contributed by atoms with van der Waals surface area (Å²) in [5, 5.41) is 11.4. The van der Waals surface area contributed by atoms with Crippen LogP contribution in [0.15, 0.2) is 18.3 Å². The van der Waals surface area contributed by atoms with Crippen molar-refractivity contribution in [2.24, 2.45) is 0 Å². The summed E-state index contributed by atoms with van der Waals surface area (Å²) < 4.78 is 10.9. The molecular formula is C12H15N3O2S. The Balaban J connectivity index is 2.54. The average molecular weight is 265 g/mol. The standard InChI is InChI=1S/C12H15N3O2S/c1-9(5-6-18(2)17)15-12(16)11-4-3-10(7-13)8-14-11/h3-4,8-9H,5-6H2,1-2H3,(H,15,16). The third-order valence-electron chi connectivity index (χ3n) is 2.34. The maximum atomic E-state index is 11.8. The number of nitrogens with zero attached hydrogens (tertiary/aromatic N) is 2. The summed E-state index contributed by atoms with van der Waals surface area (Å²) in [5.74, 6) is 0.274. The monoisotopic (exact) mass is 265 g/mol. The van der Waals surface area contributed by atoms with Crippen LogP contribution in [0.25, 0.3) is 0 Å². The zero-order valence-corrected chi connectivity index (χ0v) is 11.2. The SMILES string of the molecule is CC(CCS(C)=O)NC(=O)c1ccc(C#N)cn1. The maximum absolute atomic E-state index is 11.8. The Morgan fingerprint density at radius 3 is 2.83 bits per heavy atom. The highest BCUT2D eigenvalue weighted by atomic mass is 32.2. The molecule has 0 aliphatic carbocycles. The van der Waals surface area contributed by atoms with Crippen LogP contribution in [0.4, 0.5) is 0 Å². The molecule has 0 aromatic carbocycles. The second-order valence-corrected chi connectivity index (χ2v) is 5.54. The van der Waals surface area contributed by atoms with Crippen LogP contribution in [0.2, 0.25) is 0 Å². The van der Waals surface area contributed by atoms with Gasteiger partial charge in [-0.05, 0) is 25.5 Å². The van der Waals surface area contributed by atoms with Crippen molar-refractivity contribution in [3.63, 3.8) is 0 Å². The molecule has 1 aromatic rings. The Morgan fingerprint density at radius 2 is 2.33 bits per heavy atom. The molecule has 0 aliphatic rings. The summed E-state index contributed by atoms with van der Waals surface area (Å²) in [6, 6.07) is 4.94. The van der Waals surface area contributed by atoms with E-state index in [1.165, 1.54) is 12.3 Å². The summed E-state index contributed by atoms with van der Waals surface area (Å²) in [4.78, 5) is 15.7. The first kappa shape index (κ1) is 14.3. The average Bonchev–Trinajstić information content (AvgIpc) is 2.36. The quantitative estimate of drug-likeness (QED) is 0.855. The lowest BCUT2D eigenvalue weighted by Gasteiger charge is -2.12. The number of hydrogen-bond acceptors (Lipinski definition) is 4. The molecule has 5 nitrogen and oxygen atoms in total. The van der Waals surface area contributed by atoms with Crippen LogP contribution in [-0.4, -0.2) is 33.2 Å². The zero-order valence-electron chi connectivity index (χ0n) is 10.3. The van der Waals surface area contributed by atoms with E-state index in [-0.39, 0.29) is 17.6 Å². The van der Waals surface area contributed by atoms with Crippen molar-refractivity contribution in [1.29, 1.82) is 5.26 Å². The van der Waals surface area contributed by atoms with Gasteiger partial charge in [-0.1, -0.05) is 0 Å². The Labute approximate surface area is 109 Å². The second kappa shape index (κ2) is 6.87. The van der Waals surface area contributed by atoms with E-state index in [0.717, 1.165) is 0 Å². The van der Waals surface area contributed by atoms with Gasteiger partial charge < -0.3 is 5.32 Å². The van der Waals surface area contributed by atoms with Crippen LogP contribution in [0.5, 0.6) is 0 Å². The van der Waals surface area contributed by atoms with Crippen molar-refractivity contribution in [2.45, 2.75) is 19.4 Å². The van der Waals surface area contributed by atoms with Gasteiger partial charge in [0.2, 0.25) is 0 Å². The first-order chi connectivity index (χ1) is 8.52. The Kier molecular flexibility index (Phi) is 5.46. The maximum Gasteiger partial charge on any atom is 0.270 e. The van der Waals surface area contributed by atoms with Crippen molar-refractivity contribution < 1.29 is 9.00 Å². The van der Waals surface area contributed by atoms with Crippen LogP contribution in [0.3, 0.4) is 0 Å². The smallest absolute Gasteiger partial charge is 0.270 e. The first-order valence-electron chi connectivity index (χ1n) is 5.50. The van der Waals surface area contributed by atoms with E-state index in [0.29, 0.717) is 17.7 Å². The predicted octanol–water partition coefficient (Wildman–Crippen LogP) is 0.840. The molecule has 96 valence electrons.